The number of ether oxygens (including phenoxy) is 2. The molecule has 0 radical (unpaired) electrons. The van der Waals surface area contributed by atoms with Crippen molar-refractivity contribution < 1.29 is 22.7 Å². The first-order chi connectivity index (χ1) is 15.9. The normalized spacial score (nSPS) is 11.2. The van der Waals surface area contributed by atoms with Gasteiger partial charge in [0.1, 0.15) is 11.3 Å². The van der Waals surface area contributed by atoms with Gasteiger partial charge in [0, 0.05) is 0 Å². The van der Waals surface area contributed by atoms with Gasteiger partial charge in [-0.3, -0.25) is 0 Å². The van der Waals surface area contributed by atoms with E-state index in [1.54, 1.807) is 80.6 Å². The van der Waals surface area contributed by atoms with Crippen LogP contribution in [0, 0.1) is 6.92 Å². The molecule has 4 aromatic rings. The van der Waals surface area contributed by atoms with Crippen molar-refractivity contribution in [1.29, 1.82) is 0 Å². The summed E-state index contributed by atoms with van der Waals surface area (Å²) in [5.41, 5.74) is 0.945. The number of hydrogen-bond donors (Lipinski definition) is 0. The monoisotopic (exact) mass is 462 g/mol. The third-order valence-electron chi connectivity index (χ3n) is 4.88. The molecule has 4 rings (SSSR count). The fourth-order valence-electron chi connectivity index (χ4n) is 3.41. The maximum atomic E-state index is 13.5. The van der Waals surface area contributed by atoms with Gasteiger partial charge in [0.25, 0.3) is 0 Å². The highest BCUT2D eigenvalue weighted by Crippen LogP contribution is 2.35. The van der Waals surface area contributed by atoms with Gasteiger partial charge in [0.15, 0.2) is 4.90 Å². The van der Waals surface area contributed by atoms with E-state index in [-0.39, 0.29) is 26.9 Å². The van der Waals surface area contributed by atoms with Gasteiger partial charge in [0.2, 0.25) is 15.7 Å². The maximum Gasteiger partial charge on any atom is 0.348 e. The van der Waals surface area contributed by atoms with Crippen molar-refractivity contribution in [3.05, 3.63) is 96.2 Å². The molecule has 0 saturated heterocycles. The lowest BCUT2D eigenvalue weighted by Gasteiger charge is -2.13. The molecule has 1 aromatic heterocycles. The van der Waals surface area contributed by atoms with E-state index in [1.165, 1.54) is 16.8 Å². The Hall–Kier alpha value is -3.91. The molecule has 0 atom stereocenters. The van der Waals surface area contributed by atoms with Gasteiger partial charge < -0.3 is 9.47 Å². The van der Waals surface area contributed by atoms with Crippen LogP contribution < -0.4 is 9.47 Å². The molecule has 0 unspecified atom stereocenters. The Morgan fingerprint density at radius 1 is 0.909 bits per heavy atom. The average Bonchev–Trinajstić information content (AvgIpc) is 3.17. The number of aryl methyl sites for hydroxylation is 1. The third-order valence-corrected chi connectivity index (χ3v) is 6.78. The van der Waals surface area contributed by atoms with Crippen molar-refractivity contribution in [2.75, 3.05) is 6.61 Å². The summed E-state index contributed by atoms with van der Waals surface area (Å²) >= 11 is 0. The molecule has 0 aliphatic rings. The molecular formula is C25H22N2O5S. The number of carbonyl (C=O) groups excluding carboxylic acids is 1. The summed E-state index contributed by atoms with van der Waals surface area (Å²) in [6.45, 7) is 3.74. The zero-order chi connectivity index (χ0) is 23.4. The van der Waals surface area contributed by atoms with Crippen molar-refractivity contribution in [3.63, 3.8) is 0 Å². The van der Waals surface area contributed by atoms with E-state index in [2.05, 4.69) is 5.10 Å². The Morgan fingerprint density at radius 2 is 1.52 bits per heavy atom. The number of benzene rings is 3. The van der Waals surface area contributed by atoms with Crippen LogP contribution in [0.1, 0.15) is 23.0 Å². The van der Waals surface area contributed by atoms with Crippen LogP contribution in [0.15, 0.2) is 94.7 Å². The Kier molecular flexibility index (Phi) is 6.28. The lowest BCUT2D eigenvalue weighted by molar-refractivity contribution is 0.0714. The topological polar surface area (TPSA) is 87.5 Å². The fourth-order valence-corrected chi connectivity index (χ4v) is 4.95. The van der Waals surface area contributed by atoms with E-state index in [1.807, 2.05) is 6.07 Å². The molecule has 0 fully saturated rings. The fraction of sp³-hybridized carbons (Fsp3) is 0.120. The lowest BCUT2D eigenvalue weighted by Crippen LogP contribution is -2.15. The molecule has 1 heterocycles. The molecule has 0 aliphatic heterocycles. The molecule has 0 N–H and O–H groups in total. The van der Waals surface area contributed by atoms with Crippen molar-refractivity contribution in [1.82, 2.24) is 9.78 Å². The van der Waals surface area contributed by atoms with Crippen LogP contribution in [0.4, 0.5) is 0 Å². The van der Waals surface area contributed by atoms with Crippen LogP contribution in [0.2, 0.25) is 0 Å². The summed E-state index contributed by atoms with van der Waals surface area (Å²) in [6.07, 6.45) is 0. The molecule has 0 aliphatic carbocycles. The minimum absolute atomic E-state index is 0.0766. The number of rotatable bonds is 7. The SMILES string of the molecule is CCOc1ccccc1C(=O)Oc1c(S(=O)(=O)c2ccccc2)c(C)nn1-c1ccccc1. The van der Waals surface area contributed by atoms with Crippen LogP contribution in [-0.2, 0) is 9.84 Å². The highest BCUT2D eigenvalue weighted by atomic mass is 32.2. The van der Waals surface area contributed by atoms with Crippen LogP contribution in [0.3, 0.4) is 0 Å². The van der Waals surface area contributed by atoms with Crippen LogP contribution >= 0.6 is 0 Å². The molecule has 0 saturated carbocycles. The van der Waals surface area contributed by atoms with Crippen molar-refractivity contribution in [2.24, 2.45) is 0 Å². The molecule has 0 spiro atoms. The third kappa shape index (κ3) is 4.38. The average molecular weight is 463 g/mol. The summed E-state index contributed by atoms with van der Waals surface area (Å²) in [4.78, 5) is 13.1. The minimum atomic E-state index is -4.03. The van der Waals surface area contributed by atoms with E-state index in [9.17, 15) is 13.2 Å². The molecule has 7 nitrogen and oxygen atoms in total. The summed E-state index contributed by atoms with van der Waals surface area (Å²) in [7, 11) is -4.03. The molecule has 33 heavy (non-hydrogen) atoms. The highest BCUT2D eigenvalue weighted by Gasteiger charge is 2.32. The number of sulfone groups is 1. The Bertz CT molecular complexity index is 1380. The first-order valence-corrected chi connectivity index (χ1v) is 11.8. The van der Waals surface area contributed by atoms with Crippen LogP contribution in [0.25, 0.3) is 5.69 Å². The Balaban J connectivity index is 1.88. The lowest BCUT2D eigenvalue weighted by atomic mass is 10.2. The second-order valence-electron chi connectivity index (χ2n) is 7.10. The van der Waals surface area contributed by atoms with Crippen molar-refractivity contribution in [3.8, 4) is 17.3 Å². The first kappa shape index (κ1) is 22.3. The smallest absolute Gasteiger partial charge is 0.348 e. The van der Waals surface area contributed by atoms with E-state index >= 15 is 0 Å². The maximum absolute atomic E-state index is 13.5. The predicted octanol–water partition coefficient (Wildman–Crippen LogP) is 4.63. The summed E-state index contributed by atoms with van der Waals surface area (Å²) in [5.74, 6) is -0.584. The molecule has 0 amide bonds. The number of nitrogens with zero attached hydrogens (tertiary/aromatic N) is 2. The molecule has 168 valence electrons. The van der Waals surface area contributed by atoms with Gasteiger partial charge in [-0.25, -0.2) is 13.2 Å². The number of esters is 1. The van der Waals surface area contributed by atoms with E-state index in [4.69, 9.17) is 9.47 Å². The first-order valence-electron chi connectivity index (χ1n) is 10.3. The van der Waals surface area contributed by atoms with Crippen molar-refractivity contribution >= 4 is 15.8 Å². The van der Waals surface area contributed by atoms with Gasteiger partial charge in [-0.1, -0.05) is 48.5 Å². The molecular weight excluding hydrogens is 440 g/mol. The number of hydrogen-bond acceptors (Lipinski definition) is 6. The summed E-state index contributed by atoms with van der Waals surface area (Å²) in [6, 6.07) is 23.5. The zero-order valence-electron chi connectivity index (χ0n) is 18.1. The van der Waals surface area contributed by atoms with E-state index in [0.29, 0.717) is 18.0 Å². The van der Waals surface area contributed by atoms with Crippen LogP contribution in [-0.4, -0.2) is 30.8 Å². The second kappa shape index (κ2) is 9.30. The number of carbonyl (C=O) groups is 1. The molecule has 8 heteroatoms. The van der Waals surface area contributed by atoms with Gasteiger partial charge in [-0.05, 0) is 50.2 Å². The van der Waals surface area contributed by atoms with Crippen molar-refractivity contribution in [2.45, 2.75) is 23.6 Å². The van der Waals surface area contributed by atoms with Gasteiger partial charge >= 0.3 is 5.97 Å². The van der Waals surface area contributed by atoms with E-state index in [0.717, 1.165) is 0 Å². The number of aromatic nitrogens is 2. The highest BCUT2D eigenvalue weighted by molar-refractivity contribution is 7.91. The standard InChI is InChI=1S/C25H22N2O5S/c1-3-31-22-17-11-10-16-21(22)25(28)32-24-23(33(29,30)20-14-8-5-9-15-20)18(2)26-27(24)19-12-6-4-7-13-19/h4-17H,3H2,1-2H3. The largest absolute Gasteiger partial charge is 0.493 e. The Labute approximate surface area is 192 Å². The van der Waals surface area contributed by atoms with Gasteiger partial charge in [-0.2, -0.15) is 9.78 Å². The van der Waals surface area contributed by atoms with Gasteiger partial charge in [0.05, 0.1) is 22.9 Å². The zero-order valence-corrected chi connectivity index (χ0v) is 19.0. The minimum Gasteiger partial charge on any atom is -0.493 e. The summed E-state index contributed by atoms with van der Waals surface area (Å²) < 4.78 is 39.7. The van der Waals surface area contributed by atoms with Gasteiger partial charge in [-0.15, -0.1) is 0 Å². The number of para-hydroxylation sites is 2. The quantitative estimate of drug-likeness (QED) is 0.372. The predicted molar refractivity (Wildman–Crippen MR) is 123 cm³/mol. The summed E-state index contributed by atoms with van der Waals surface area (Å²) in [5, 5.41) is 4.41. The van der Waals surface area contributed by atoms with Crippen LogP contribution in [0.5, 0.6) is 11.6 Å². The Morgan fingerprint density at radius 3 is 2.18 bits per heavy atom. The molecule has 0 bridgehead atoms. The van der Waals surface area contributed by atoms with E-state index < -0.39 is 15.8 Å². The molecule has 3 aromatic carbocycles. The second-order valence-corrected chi connectivity index (χ2v) is 8.99.